The van der Waals surface area contributed by atoms with Gasteiger partial charge in [0.1, 0.15) is 0 Å². The highest BCUT2D eigenvalue weighted by molar-refractivity contribution is 5.92. The maximum Gasteiger partial charge on any atom is 0.329 e. The Morgan fingerprint density at radius 1 is 0.963 bits per heavy atom. The molecule has 2 aromatic carbocycles. The summed E-state index contributed by atoms with van der Waals surface area (Å²) in [5, 5.41) is 3.04. The van der Waals surface area contributed by atoms with Crippen molar-refractivity contribution in [2.45, 2.75) is 53.1 Å². The molecule has 1 amide bonds. The number of benzene rings is 2. The van der Waals surface area contributed by atoms with E-state index >= 15 is 0 Å². The zero-order chi connectivity index (χ0) is 19.4. The average molecular weight is 365 g/mol. The Balaban J connectivity index is 1.81. The Hall–Kier alpha value is -2.82. The zero-order valence-electron chi connectivity index (χ0n) is 16.3. The van der Waals surface area contributed by atoms with E-state index in [4.69, 9.17) is 0 Å². The normalized spacial score (nSPS) is 11.1. The van der Waals surface area contributed by atoms with Gasteiger partial charge >= 0.3 is 5.69 Å². The number of imidazole rings is 1. The van der Waals surface area contributed by atoms with E-state index in [9.17, 15) is 9.59 Å². The number of nitrogens with one attached hydrogen (secondary N) is 1. The molecule has 0 aliphatic carbocycles. The molecule has 0 fully saturated rings. The van der Waals surface area contributed by atoms with Crippen LogP contribution in [0.25, 0.3) is 11.0 Å². The Kier molecular flexibility index (Phi) is 5.79. The van der Waals surface area contributed by atoms with Crippen molar-refractivity contribution in [3.8, 4) is 0 Å². The lowest BCUT2D eigenvalue weighted by atomic mass is 10.1. The van der Waals surface area contributed by atoms with Crippen LogP contribution in [0.15, 0.2) is 47.3 Å². The summed E-state index contributed by atoms with van der Waals surface area (Å²) in [5.74, 6) is -0.0711. The lowest BCUT2D eigenvalue weighted by molar-refractivity contribution is -0.116. The lowest BCUT2D eigenvalue weighted by Gasteiger charge is -2.13. The Morgan fingerprint density at radius 3 is 2.26 bits per heavy atom. The van der Waals surface area contributed by atoms with E-state index < -0.39 is 0 Å². The number of aryl methyl sites for hydroxylation is 4. The van der Waals surface area contributed by atoms with Crippen molar-refractivity contribution < 1.29 is 4.79 Å². The van der Waals surface area contributed by atoms with Gasteiger partial charge in [0.15, 0.2) is 0 Å². The lowest BCUT2D eigenvalue weighted by Crippen LogP contribution is -2.26. The molecule has 1 heterocycles. The summed E-state index contributed by atoms with van der Waals surface area (Å²) in [5.41, 5.74) is 4.84. The predicted molar refractivity (Wildman–Crippen MR) is 110 cm³/mol. The van der Waals surface area contributed by atoms with Crippen molar-refractivity contribution in [3.63, 3.8) is 0 Å². The van der Waals surface area contributed by atoms with Crippen LogP contribution in [0.4, 0.5) is 5.69 Å². The molecule has 0 radical (unpaired) electrons. The van der Waals surface area contributed by atoms with Crippen LogP contribution in [-0.2, 0) is 24.3 Å². The van der Waals surface area contributed by atoms with E-state index in [2.05, 4.69) is 19.2 Å². The third-order valence-electron chi connectivity index (χ3n) is 4.94. The van der Waals surface area contributed by atoms with E-state index in [1.807, 2.05) is 49.4 Å². The monoisotopic (exact) mass is 365 g/mol. The number of amides is 1. The first kappa shape index (κ1) is 19.0. The van der Waals surface area contributed by atoms with Crippen LogP contribution in [0.2, 0.25) is 0 Å². The number of aromatic nitrogens is 2. The van der Waals surface area contributed by atoms with Gasteiger partial charge < -0.3 is 5.32 Å². The minimum Gasteiger partial charge on any atom is -0.326 e. The van der Waals surface area contributed by atoms with E-state index in [1.165, 1.54) is 0 Å². The first-order chi connectivity index (χ1) is 13.1. The molecule has 0 saturated heterocycles. The Morgan fingerprint density at radius 2 is 1.63 bits per heavy atom. The number of carbonyl (C=O) groups is 1. The van der Waals surface area contributed by atoms with Crippen LogP contribution in [0, 0.1) is 6.92 Å². The molecule has 0 aliphatic rings. The molecular weight excluding hydrogens is 338 g/mol. The highest BCUT2D eigenvalue weighted by atomic mass is 16.2. The fourth-order valence-electron chi connectivity index (χ4n) is 3.55. The SMILES string of the molecule is CCCn1c(=O)n(CCC(=O)Nc2c(C)cccc2CC)c2ccccc21. The molecule has 0 bridgehead atoms. The topological polar surface area (TPSA) is 56.0 Å². The summed E-state index contributed by atoms with van der Waals surface area (Å²) in [6.45, 7) is 7.18. The smallest absolute Gasteiger partial charge is 0.326 e. The van der Waals surface area contributed by atoms with Crippen LogP contribution in [-0.4, -0.2) is 15.0 Å². The van der Waals surface area contributed by atoms with E-state index in [-0.39, 0.29) is 18.0 Å². The van der Waals surface area contributed by atoms with Crippen LogP contribution in [0.5, 0.6) is 0 Å². The van der Waals surface area contributed by atoms with Crippen molar-refractivity contribution in [1.29, 1.82) is 0 Å². The fourth-order valence-corrected chi connectivity index (χ4v) is 3.55. The molecule has 3 aromatic rings. The standard InChI is InChI=1S/C22H27N3O2/c1-4-14-24-18-11-6-7-12-19(18)25(22(24)27)15-13-20(26)23-21-16(3)9-8-10-17(21)5-2/h6-12H,4-5,13-15H2,1-3H3,(H,23,26). The number of anilines is 1. The van der Waals surface area contributed by atoms with Crippen molar-refractivity contribution in [3.05, 3.63) is 64.1 Å². The van der Waals surface area contributed by atoms with Crippen LogP contribution in [0.1, 0.15) is 37.8 Å². The molecule has 0 unspecified atom stereocenters. The van der Waals surface area contributed by atoms with E-state index in [0.29, 0.717) is 13.1 Å². The van der Waals surface area contributed by atoms with Gasteiger partial charge in [0.2, 0.25) is 5.91 Å². The van der Waals surface area contributed by atoms with E-state index in [1.54, 1.807) is 9.13 Å². The molecule has 142 valence electrons. The second-order valence-corrected chi connectivity index (χ2v) is 6.84. The van der Waals surface area contributed by atoms with Crippen LogP contribution >= 0.6 is 0 Å². The van der Waals surface area contributed by atoms with Crippen LogP contribution < -0.4 is 11.0 Å². The van der Waals surface area contributed by atoms with Crippen molar-refractivity contribution in [2.75, 3.05) is 5.32 Å². The molecular formula is C22H27N3O2. The molecule has 27 heavy (non-hydrogen) atoms. The van der Waals surface area contributed by atoms with Crippen molar-refractivity contribution in [1.82, 2.24) is 9.13 Å². The fraction of sp³-hybridized carbons (Fsp3) is 0.364. The third kappa shape index (κ3) is 3.82. The first-order valence-electron chi connectivity index (χ1n) is 9.63. The minimum atomic E-state index is -0.0711. The van der Waals surface area contributed by atoms with E-state index in [0.717, 1.165) is 40.7 Å². The number of fused-ring (bicyclic) bond motifs is 1. The van der Waals surface area contributed by atoms with Gasteiger partial charge in [0.25, 0.3) is 0 Å². The zero-order valence-corrected chi connectivity index (χ0v) is 16.3. The molecule has 0 aliphatic heterocycles. The second-order valence-electron chi connectivity index (χ2n) is 6.84. The quantitative estimate of drug-likeness (QED) is 0.685. The summed E-state index contributed by atoms with van der Waals surface area (Å²) < 4.78 is 3.51. The predicted octanol–water partition coefficient (Wildman–Crippen LogP) is 4.11. The summed E-state index contributed by atoms with van der Waals surface area (Å²) in [7, 11) is 0. The Labute approximate surface area is 159 Å². The number of hydrogen-bond donors (Lipinski definition) is 1. The molecule has 1 N–H and O–H groups in total. The maximum atomic E-state index is 12.8. The number of nitrogens with zero attached hydrogens (tertiary/aromatic N) is 2. The summed E-state index contributed by atoms with van der Waals surface area (Å²) >= 11 is 0. The maximum absolute atomic E-state index is 12.8. The largest absolute Gasteiger partial charge is 0.329 e. The van der Waals surface area contributed by atoms with Gasteiger partial charge in [-0.3, -0.25) is 13.9 Å². The minimum absolute atomic E-state index is 0.0454. The van der Waals surface area contributed by atoms with Crippen LogP contribution in [0.3, 0.4) is 0 Å². The first-order valence-corrected chi connectivity index (χ1v) is 9.63. The highest BCUT2D eigenvalue weighted by Crippen LogP contribution is 2.21. The number of hydrogen-bond acceptors (Lipinski definition) is 2. The van der Waals surface area contributed by atoms with Crippen molar-refractivity contribution in [2.24, 2.45) is 0 Å². The van der Waals surface area contributed by atoms with Gasteiger partial charge in [-0.15, -0.1) is 0 Å². The number of rotatable bonds is 7. The molecule has 0 saturated carbocycles. The molecule has 5 nitrogen and oxygen atoms in total. The summed E-state index contributed by atoms with van der Waals surface area (Å²) in [4.78, 5) is 25.4. The van der Waals surface area contributed by atoms with Gasteiger partial charge in [-0.05, 0) is 43.0 Å². The van der Waals surface area contributed by atoms with Gasteiger partial charge in [-0.2, -0.15) is 0 Å². The average Bonchev–Trinajstić information content (AvgIpc) is 2.93. The summed E-state index contributed by atoms with van der Waals surface area (Å²) in [6.07, 6.45) is 2.01. The molecule has 3 rings (SSSR count). The van der Waals surface area contributed by atoms with Gasteiger partial charge in [0.05, 0.1) is 11.0 Å². The highest BCUT2D eigenvalue weighted by Gasteiger charge is 2.14. The molecule has 0 spiro atoms. The van der Waals surface area contributed by atoms with Gasteiger partial charge in [-0.1, -0.05) is 44.2 Å². The Bertz CT molecular complexity index is 1010. The van der Waals surface area contributed by atoms with Gasteiger partial charge in [-0.25, -0.2) is 4.79 Å². The summed E-state index contributed by atoms with van der Waals surface area (Å²) in [6, 6.07) is 13.8. The molecule has 1 aromatic heterocycles. The van der Waals surface area contributed by atoms with Gasteiger partial charge in [0, 0.05) is 25.2 Å². The third-order valence-corrected chi connectivity index (χ3v) is 4.94. The molecule has 0 atom stereocenters. The number of para-hydroxylation sites is 3. The molecule has 5 heteroatoms. The van der Waals surface area contributed by atoms with Crippen molar-refractivity contribution >= 4 is 22.6 Å². The second kappa shape index (κ2) is 8.25. The number of carbonyl (C=O) groups excluding carboxylic acids is 1.